The Morgan fingerprint density at radius 2 is 0.700 bits per heavy atom. The van der Waals surface area contributed by atoms with E-state index in [9.17, 15) is 0 Å². The zero-order chi connectivity index (χ0) is 60.0. The first-order chi connectivity index (χ1) is 38.5. The third kappa shape index (κ3) is 24.5. The van der Waals surface area contributed by atoms with Crippen molar-refractivity contribution >= 4 is 0 Å². The second-order valence-corrected chi connectivity index (χ2v) is 24.4. The van der Waals surface area contributed by atoms with E-state index < -0.39 is 0 Å². The van der Waals surface area contributed by atoms with Crippen molar-refractivity contribution in [1.82, 2.24) is 0 Å². The number of allylic oxidation sites excluding steroid dienone is 5. The van der Waals surface area contributed by atoms with Gasteiger partial charge in [-0.05, 0) is 246 Å². The second kappa shape index (κ2) is 41.6. The lowest BCUT2D eigenvalue weighted by atomic mass is 9.67. The SMILES string of the molecule is C=CC1CC(C(C)C#N)CCC1C(C)C#N.C=CC1CC(C(C)C#N)CCC1CCC#N.C=CC1CC(CCC#N)CCC1C(C)C#N.C=CC1CCC(C(C)C#N)C(CCC#N)C1.C=CC1CCC(C(C)C#N)CC1CCC#N. The van der Waals surface area contributed by atoms with Gasteiger partial charge >= 0.3 is 0 Å². The maximum atomic E-state index is 9.02. The van der Waals surface area contributed by atoms with E-state index in [-0.39, 0.29) is 35.5 Å². The van der Waals surface area contributed by atoms with Crippen LogP contribution in [0.2, 0.25) is 0 Å². The van der Waals surface area contributed by atoms with Gasteiger partial charge in [-0.2, -0.15) is 52.6 Å². The largest absolute Gasteiger partial charge is 0.198 e. The van der Waals surface area contributed by atoms with Gasteiger partial charge in [-0.15, -0.1) is 32.9 Å². The minimum atomic E-state index is 0.0985. The van der Waals surface area contributed by atoms with Crippen LogP contribution in [-0.2, 0) is 0 Å². The van der Waals surface area contributed by atoms with Gasteiger partial charge in [0, 0.05) is 61.2 Å². The molecule has 0 heterocycles. The lowest BCUT2D eigenvalue weighted by Gasteiger charge is -2.36. The molecule has 430 valence electrons. The topological polar surface area (TPSA) is 238 Å². The Bertz CT molecular complexity index is 2300. The highest BCUT2D eigenvalue weighted by Gasteiger charge is 2.36. The molecule has 0 N–H and O–H groups in total. The Morgan fingerprint density at radius 1 is 0.325 bits per heavy atom. The van der Waals surface area contributed by atoms with Crippen LogP contribution in [0.15, 0.2) is 63.3 Å². The zero-order valence-electron chi connectivity index (χ0n) is 50.3. The molecule has 5 saturated carbocycles. The Morgan fingerprint density at radius 3 is 1.16 bits per heavy atom. The quantitative estimate of drug-likeness (QED) is 0.111. The minimum Gasteiger partial charge on any atom is -0.198 e. The van der Waals surface area contributed by atoms with Crippen molar-refractivity contribution in [2.45, 2.75) is 189 Å². The normalized spacial score (nSPS) is 31.5. The molecular weight excluding hydrogens is 981 g/mol. The molecule has 0 aliphatic heterocycles. The summed E-state index contributed by atoms with van der Waals surface area (Å²) < 4.78 is 0. The Labute approximate surface area is 487 Å². The monoisotopic (exact) mass is 1080 g/mol. The van der Waals surface area contributed by atoms with E-state index in [1.54, 1.807) is 0 Å². The molecule has 5 fully saturated rings. The summed E-state index contributed by atoms with van der Waals surface area (Å²) in [7, 11) is 0. The van der Waals surface area contributed by atoms with Crippen LogP contribution in [0.4, 0.5) is 0 Å². The van der Waals surface area contributed by atoms with Crippen molar-refractivity contribution in [2.75, 3.05) is 0 Å². The smallest absolute Gasteiger partial charge is 0.0656 e. The summed E-state index contributed by atoms with van der Waals surface area (Å²) in [6, 6.07) is 23.0. The van der Waals surface area contributed by atoms with Crippen molar-refractivity contribution in [2.24, 2.45) is 124 Å². The van der Waals surface area contributed by atoms with E-state index in [0.29, 0.717) is 114 Å². The van der Waals surface area contributed by atoms with Gasteiger partial charge in [-0.1, -0.05) is 36.8 Å². The summed E-state index contributed by atoms with van der Waals surface area (Å²) in [4.78, 5) is 0. The Balaban J connectivity index is 0.000000500. The summed E-state index contributed by atoms with van der Waals surface area (Å²) in [5.41, 5.74) is 0. The van der Waals surface area contributed by atoms with Gasteiger partial charge in [0.2, 0.25) is 0 Å². The molecule has 0 aromatic rings. The highest BCUT2D eigenvalue weighted by atomic mass is 14.4. The summed E-state index contributed by atoms with van der Waals surface area (Å²) in [6.07, 6.45) is 33.2. The molecular formula is C70H100N10. The van der Waals surface area contributed by atoms with Crippen molar-refractivity contribution in [3.05, 3.63) is 63.3 Å². The fourth-order valence-electron chi connectivity index (χ4n) is 14.1. The summed E-state index contributed by atoms with van der Waals surface area (Å²) >= 11 is 0. The maximum absolute atomic E-state index is 9.02. The third-order valence-corrected chi connectivity index (χ3v) is 19.7. The molecule has 80 heavy (non-hydrogen) atoms. The van der Waals surface area contributed by atoms with Crippen LogP contribution in [-0.4, -0.2) is 0 Å². The molecule has 0 saturated heterocycles. The molecule has 10 nitrogen and oxygen atoms in total. The average molecular weight is 1080 g/mol. The van der Waals surface area contributed by atoms with Crippen LogP contribution in [0.5, 0.6) is 0 Å². The van der Waals surface area contributed by atoms with E-state index in [2.05, 4.69) is 93.6 Å². The second-order valence-electron chi connectivity index (χ2n) is 24.4. The van der Waals surface area contributed by atoms with Crippen LogP contribution in [0.3, 0.4) is 0 Å². The van der Waals surface area contributed by atoms with Crippen molar-refractivity contribution in [3.63, 3.8) is 0 Å². The van der Waals surface area contributed by atoms with Gasteiger partial charge in [0.25, 0.3) is 0 Å². The van der Waals surface area contributed by atoms with E-state index in [1.165, 1.54) is 6.42 Å². The molecule has 10 heteroatoms. The van der Waals surface area contributed by atoms with E-state index in [4.69, 9.17) is 52.6 Å². The summed E-state index contributed by atoms with van der Waals surface area (Å²) in [6.45, 7) is 31.5. The highest BCUT2D eigenvalue weighted by molar-refractivity contribution is 5.02. The third-order valence-electron chi connectivity index (χ3n) is 19.7. The summed E-state index contributed by atoms with van der Waals surface area (Å²) in [5, 5.41) is 88.3. The van der Waals surface area contributed by atoms with Gasteiger partial charge in [0.05, 0.1) is 60.7 Å². The average Bonchev–Trinajstić information content (AvgIpc) is 3.54. The van der Waals surface area contributed by atoms with Gasteiger partial charge in [-0.3, -0.25) is 0 Å². The van der Waals surface area contributed by atoms with Crippen molar-refractivity contribution in [3.8, 4) is 60.7 Å². The molecule has 0 amide bonds. The molecule has 5 rings (SSSR count). The first kappa shape index (κ1) is 71.6. The fourth-order valence-corrected chi connectivity index (χ4v) is 14.1. The first-order valence-corrected chi connectivity index (χ1v) is 30.5. The molecule has 21 atom stereocenters. The molecule has 0 aromatic heterocycles. The van der Waals surface area contributed by atoms with E-state index >= 15 is 0 Å². The molecule has 21 unspecified atom stereocenters. The minimum absolute atomic E-state index is 0.0985. The van der Waals surface area contributed by atoms with Crippen molar-refractivity contribution < 1.29 is 0 Å². The van der Waals surface area contributed by atoms with Gasteiger partial charge < -0.3 is 0 Å². The van der Waals surface area contributed by atoms with Gasteiger partial charge in [-0.25, -0.2) is 0 Å². The number of nitriles is 10. The molecule has 0 aromatic carbocycles. The molecule has 0 bridgehead atoms. The molecule has 0 spiro atoms. The summed E-state index contributed by atoms with van der Waals surface area (Å²) in [5.74, 6) is 8.56. The first-order valence-electron chi connectivity index (χ1n) is 30.5. The van der Waals surface area contributed by atoms with Crippen LogP contribution in [0.25, 0.3) is 0 Å². The number of hydrogen-bond acceptors (Lipinski definition) is 10. The van der Waals surface area contributed by atoms with Crippen LogP contribution >= 0.6 is 0 Å². The Kier molecular flexibility index (Phi) is 37.2. The standard InChI is InChI=1S/5C14H20N2/c1-4-12-7-13(10(2)8-15)5-6-14(12)11(3)9-16;1-3-13-9-12(5-4-8-15)6-7-14(13)11(2)10-16;1-3-12-9-14(11(2)10-16)7-6-13(12)5-4-8-15;1-3-12-6-7-13(11(2)10-16)9-14(12)5-4-8-15;1-3-12-6-7-14(11(2)10-16)13(9-12)5-4-8-15/h4,10-14H,1,5-7H2,2-3H3;4*3,11-14H,1,4-7,9H2,2H3. The van der Waals surface area contributed by atoms with Crippen LogP contribution in [0.1, 0.15) is 189 Å². The van der Waals surface area contributed by atoms with Crippen molar-refractivity contribution in [1.29, 1.82) is 52.6 Å². The zero-order valence-corrected chi connectivity index (χ0v) is 50.3. The number of nitrogens with zero attached hydrogens (tertiary/aromatic N) is 10. The number of rotatable bonds is 19. The predicted molar refractivity (Wildman–Crippen MR) is 321 cm³/mol. The van der Waals surface area contributed by atoms with Gasteiger partial charge in [0.1, 0.15) is 0 Å². The lowest BCUT2D eigenvalue weighted by molar-refractivity contribution is 0.161. The predicted octanol–water partition coefficient (Wildman–Crippen LogP) is 18.2. The highest BCUT2D eigenvalue weighted by Crippen LogP contribution is 2.45. The van der Waals surface area contributed by atoms with Crippen LogP contribution < -0.4 is 0 Å². The maximum Gasteiger partial charge on any atom is 0.0656 e. The lowest BCUT2D eigenvalue weighted by Crippen LogP contribution is -2.30. The fraction of sp³-hybridized carbons (Fsp3) is 0.714. The van der Waals surface area contributed by atoms with E-state index in [1.807, 2.05) is 71.9 Å². The number of hydrogen-bond donors (Lipinski definition) is 0. The molecule has 5 aliphatic rings. The molecule has 0 radical (unpaired) electrons. The van der Waals surface area contributed by atoms with E-state index in [0.717, 1.165) is 116 Å². The molecule has 5 aliphatic carbocycles. The van der Waals surface area contributed by atoms with Crippen LogP contribution in [0, 0.1) is 238 Å². The Hall–Kier alpha value is -6.40. The van der Waals surface area contributed by atoms with Gasteiger partial charge in [0.15, 0.2) is 0 Å².